The normalized spacial score (nSPS) is 19.9. The summed E-state index contributed by atoms with van der Waals surface area (Å²) < 4.78 is 0. The molecule has 0 aliphatic carbocycles. The van der Waals surface area contributed by atoms with E-state index in [1.54, 1.807) is 0 Å². The third-order valence-electron chi connectivity index (χ3n) is 5.08. The summed E-state index contributed by atoms with van der Waals surface area (Å²) >= 11 is 6.06. The van der Waals surface area contributed by atoms with Gasteiger partial charge in [-0.2, -0.15) is 0 Å². The van der Waals surface area contributed by atoms with Gasteiger partial charge in [0.2, 0.25) is 11.8 Å². The van der Waals surface area contributed by atoms with Crippen LogP contribution in [-0.2, 0) is 9.59 Å². The Kier molecular flexibility index (Phi) is 5.81. The first-order chi connectivity index (χ1) is 12.0. The van der Waals surface area contributed by atoms with E-state index in [0.717, 1.165) is 62.8 Å². The van der Waals surface area contributed by atoms with Crippen molar-refractivity contribution in [3.05, 3.63) is 29.3 Å². The molecular weight excluding hydrogens is 340 g/mol. The molecule has 2 fully saturated rings. The van der Waals surface area contributed by atoms with Crippen LogP contribution < -0.4 is 10.6 Å². The number of piperidine rings is 1. The lowest BCUT2D eigenvalue weighted by Crippen LogP contribution is -2.52. The number of primary amides is 1. The highest BCUT2D eigenvalue weighted by atomic mass is 35.5. The molecule has 0 atom stereocenters. The van der Waals surface area contributed by atoms with Gasteiger partial charge in [0.25, 0.3) is 0 Å². The summed E-state index contributed by atoms with van der Waals surface area (Å²) in [6.07, 6.45) is 1.61. The molecule has 3 rings (SSSR count). The maximum Gasteiger partial charge on any atom is 0.231 e. The van der Waals surface area contributed by atoms with Crippen molar-refractivity contribution in [1.29, 1.82) is 0 Å². The standard InChI is InChI=1S/C18H25ClN4O2/c19-15-2-1-3-16(12-15)22-8-10-23(11-9-22)18(25)14-4-6-21(7-5-14)13-17(20)24/h1-3,12,14H,4-11,13H2,(H2,20,24). The molecule has 2 heterocycles. The van der Waals surface area contributed by atoms with Gasteiger partial charge in [-0.3, -0.25) is 14.5 Å². The summed E-state index contributed by atoms with van der Waals surface area (Å²) in [5, 5.41) is 0.735. The van der Waals surface area contributed by atoms with Crippen molar-refractivity contribution in [2.75, 3.05) is 50.7 Å². The second-order valence-electron chi connectivity index (χ2n) is 6.81. The van der Waals surface area contributed by atoms with Gasteiger partial charge in [-0.25, -0.2) is 0 Å². The van der Waals surface area contributed by atoms with Crippen molar-refractivity contribution in [1.82, 2.24) is 9.80 Å². The number of carbonyl (C=O) groups excluding carboxylic acids is 2. The minimum Gasteiger partial charge on any atom is -0.369 e. The molecule has 0 saturated carbocycles. The molecule has 136 valence electrons. The van der Waals surface area contributed by atoms with Crippen molar-refractivity contribution in [2.24, 2.45) is 11.7 Å². The number of hydrogen-bond acceptors (Lipinski definition) is 4. The molecule has 0 bridgehead atoms. The summed E-state index contributed by atoms with van der Waals surface area (Å²) in [6, 6.07) is 7.84. The lowest BCUT2D eigenvalue weighted by atomic mass is 9.95. The molecule has 2 N–H and O–H groups in total. The molecule has 0 aromatic heterocycles. The van der Waals surface area contributed by atoms with E-state index in [2.05, 4.69) is 11.0 Å². The molecule has 0 radical (unpaired) electrons. The predicted molar refractivity (Wildman–Crippen MR) is 98.6 cm³/mol. The van der Waals surface area contributed by atoms with Crippen LogP contribution in [0.2, 0.25) is 5.02 Å². The topological polar surface area (TPSA) is 69.9 Å². The van der Waals surface area contributed by atoms with E-state index in [1.807, 2.05) is 28.0 Å². The van der Waals surface area contributed by atoms with Gasteiger partial charge in [0.15, 0.2) is 0 Å². The highest BCUT2D eigenvalue weighted by Crippen LogP contribution is 2.23. The fraction of sp³-hybridized carbons (Fsp3) is 0.556. The number of nitrogens with zero attached hydrogens (tertiary/aromatic N) is 3. The number of hydrogen-bond donors (Lipinski definition) is 1. The van der Waals surface area contributed by atoms with Crippen LogP contribution in [0.15, 0.2) is 24.3 Å². The molecular formula is C18H25ClN4O2. The third kappa shape index (κ3) is 4.64. The second-order valence-corrected chi connectivity index (χ2v) is 7.25. The summed E-state index contributed by atoms with van der Waals surface area (Å²) in [6.45, 7) is 4.96. The zero-order valence-electron chi connectivity index (χ0n) is 14.4. The summed E-state index contributed by atoms with van der Waals surface area (Å²) in [5.74, 6) is 0.0215. The molecule has 7 heteroatoms. The fourth-order valence-electron chi connectivity index (χ4n) is 3.67. The Morgan fingerprint density at radius 1 is 1.08 bits per heavy atom. The van der Waals surface area contributed by atoms with Gasteiger partial charge >= 0.3 is 0 Å². The van der Waals surface area contributed by atoms with Crippen molar-refractivity contribution in [2.45, 2.75) is 12.8 Å². The van der Waals surface area contributed by atoms with Crippen LogP contribution in [0.1, 0.15) is 12.8 Å². The van der Waals surface area contributed by atoms with Gasteiger partial charge in [-0.15, -0.1) is 0 Å². The third-order valence-corrected chi connectivity index (χ3v) is 5.32. The van der Waals surface area contributed by atoms with Crippen LogP contribution in [-0.4, -0.2) is 67.4 Å². The van der Waals surface area contributed by atoms with Crippen LogP contribution in [0.25, 0.3) is 0 Å². The largest absolute Gasteiger partial charge is 0.369 e. The minimum absolute atomic E-state index is 0.0712. The maximum absolute atomic E-state index is 12.8. The predicted octanol–water partition coefficient (Wildman–Crippen LogP) is 1.19. The molecule has 1 aromatic carbocycles. The molecule has 1 aromatic rings. The number of carbonyl (C=O) groups is 2. The Morgan fingerprint density at radius 3 is 2.36 bits per heavy atom. The van der Waals surface area contributed by atoms with Gasteiger partial charge < -0.3 is 15.5 Å². The van der Waals surface area contributed by atoms with Gasteiger partial charge in [0.1, 0.15) is 0 Å². The Morgan fingerprint density at radius 2 is 1.76 bits per heavy atom. The smallest absolute Gasteiger partial charge is 0.231 e. The lowest BCUT2D eigenvalue weighted by molar-refractivity contribution is -0.137. The number of benzene rings is 1. The number of amides is 2. The van der Waals surface area contributed by atoms with Gasteiger partial charge in [-0.1, -0.05) is 17.7 Å². The number of rotatable bonds is 4. The molecule has 2 aliphatic rings. The first-order valence-electron chi connectivity index (χ1n) is 8.83. The first-order valence-corrected chi connectivity index (χ1v) is 9.20. The monoisotopic (exact) mass is 364 g/mol. The summed E-state index contributed by atoms with van der Waals surface area (Å²) in [7, 11) is 0. The van der Waals surface area contributed by atoms with Gasteiger partial charge in [-0.05, 0) is 44.1 Å². The average molecular weight is 365 g/mol. The Balaban J connectivity index is 1.48. The molecule has 2 amide bonds. The molecule has 2 saturated heterocycles. The lowest BCUT2D eigenvalue weighted by Gasteiger charge is -2.39. The van der Waals surface area contributed by atoms with Crippen LogP contribution in [0.4, 0.5) is 5.69 Å². The Bertz CT molecular complexity index is 623. The van der Waals surface area contributed by atoms with E-state index in [-0.39, 0.29) is 17.7 Å². The van der Waals surface area contributed by atoms with Crippen LogP contribution >= 0.6 is 11.6 Å². The van der Waals surface area contributed by atoms with Gasteiger partial charge in [0.05, 0.1) is 6.54 Å². The van der Waals surface area contributed by atoms with E-state index in [9.17, 15) is 9.59 Å². The quantitative estimate of drug-likeness (QED) is 0.871. The Hall–Kier alpha value is -1.79. The molecule has 25 heavy (non-hydrogen) atoms. The van der Waals surface area contributed by atoms with Crippen molar-refractivity contribution >= 4 is 29.1 Å². The molecule has 0 spiro atoms. The number of likely N-dealkylation sites (tertiary alicyclic amines) is 1. The summed E-state index contributed by atoms with van der Waals surface area (Å²) in [4.78, 5) is 30.0. The number of nitrogens with two attached hydrogens (primary N) is 1. The van der Waals surface area contributed by atoms with Crippen LogP contribution in [0, 0.1) is 5.92 Å². The number of halogens is 1. The first kappa shape index (κ1) is 18.0. The molecule has 2 aliphatic heterocycles. The van der Waals surface area contributed by atoms with E-state index < -0.39 is 0 Å². The van der Waals surface area contributed by atoms with E-state index in [0.29, 0.717) is 6.54 Å². The Labute approximate surface area is 153 Å². The van der Waals surface area contributed by atoms with Crippen LogP contribution in [0.5, 0.6) is 0 Å². The minimum atomic E-state index is -0.304. The zero-order chi connectivity index (χ0) is 17.8. The second kappa shape index (κ2) is 8.06. The highest BCUT2D eigenvalue weighted by Gasteiger charge is 2.30. The van der Waals surface area contributed by atoms with E-state index in [4.69, 9.17) is 17.3 Å². The number of piperazine rings is 1. The molecule has 6 nitrogen and oxygen atoms in total. The van der Waals surface area contributed by atoms with Gasteiger partial charge in [0, 0.05) is 42.8 Å². The maximum atomic E-state index is 12.8. The van der Waals surface area contributed by atoms with Crippen molar-refractivity contribution < 1.29 is 9.59 Å². The highest BCUT2D eigenvalue weighted by molar-refractivity contribution is 6.30. The fourth-order valence-corrected chi connectivity index (χ4v) is 3.86. The number of anilines is 1. The van der Waals surface area contributed by atoms with Crippen molar-refractivity contribution in [3.8, 4) is 0 Å². The SMILES string of the molecule is NC(=O)CN1CCC(C(=O)N2CCN(c3cccc(Cl)c3)CC2)CC1. The summed E-state index contributed by atoms with van der Waals surface area (Å²) in [5.41, 5.74) is 6.35. The van der Waals surface area contributed by atoms with E-state index in [1.165, 1.54) is 0 Å². The average Bonchev–Trinajstić information content (AvgIpc) is 2.61. The molecule has 0 unspecified atom stereocenters. The van der Waals surface area contributed by atoms with Crippen LogP contribution in [0.3, 0.4) is 0 Å². The van der Waals surface area contributed by atoms with E-state index >= 15 is 0 Å². The van der Waals surface area contributed by atoms with Crippen molar-refractivity contribution in [3.63, 3.8) is 0 Å². The zero-order valence-corrected chi connectivity index (χ0v) is 15.1.